The fourth-order valence-corrected chi connectivity index (χ4v) is 1.50. The number of hydrogen-bond acceptors (Lipinski definition) is 4. The molecule has 1 rings (SSSR count). The molecule has 0 atom stereocenters. The van der Waals surface area contributed by atoms with Crippen molar-refractivity contribution in [2.45, 2.75) is 38.9 Å². The van der Waals surface area contributed by atoms with Gasteiger partial charge in [0.1, 0.15) is 5.75 Å². The van der Waals surface area contributed by atoms with Crippen molar-refractivity contribution in [3.63, 3.8) is 0 Å². The second kappa shape index (κ2) is 6.81. The monoisotopic (exact) mass is 300 g/mol. The molecule has 4 nitrogen and oxygen atoms in total. The van der Waals surface area contributed by atoms with Crippen molar-refractivity contribution < 1.29 is 19.2 Å². The summed E-state index contributed by atoms with van der Waals surface area (Å²) in [5.74, 6) is 0.617. The summed E-state index contributed by atoms with van der Waals surface area (Å²) in [6, 6.07) is 5.33. The van der Waals surface area contributed by atoms with E-state index in [2.05, 4.69) is 0 Å². The quantitative estimate of drug-likeness (QED) is 0.617. The lowest BCUT2D eigenvalue weighted by Crippen LogP contribution is -2.49. The maximum atomic E-state index is 10.1. The van der Waals surface area contributed by atoms with Crippen molar-refractivity contribution in [3.05, 3.63) is 23.2 Å². The van der Waals surface area contributed by atoms with Crippen LogP contribution < -0.4 is 10.2 Å². The molecular weight excluding hydrogens is 278 g/mol. The molecule has 0 spiro atoms. The minimum Gasteiger partial charge on any atom is -0.468 e. The molecule has 20 heavy (non-hydrogen) atoms. The van der Waals surface area contributed by atoms with Crippen molar-refractivity contribution in [2.24, 2.45) is 0 Å². The molecule has 1 N–H and O–H groups in total. The van der Waals surface area contributed by atoms with Gasteiger partial charge in [-0.25, -0.2) is 0 Å². The van der Waals surface area contributed by atoms with Gasteiger partial charge < -0.3 is 19.2 Å². The topological polar surface area (TPSA) is 47.9 Å². The van der Waals surface area contributed by atoms with E-state index in [1.54, 1.807) is 33.1 Å². The van der Waals surface area contributed by atoms with Gasteiger partial charge in [-0.15, -0.1) is 0 Å². The van der Waals surface area contributed by atoms with Crippen LogP contribution in [0.2, 0.25) is 5.02 Å². The first-order valence-electron chi connectivity index (χ1n) is 6.44. The van der Waals surface area contributed by atoms with Gasteiger partial charge in [0.2, 0.25) is 0 Å². The van der Waals surface area contributed by atoms with Gasteiger partial charge in [-0.05, 0) is 45.3 Å². The molecule has 112 valence electrons. The normalized spacial score (nSPS) is 12.3. The fraction of sp³-hybridized carbons (Fsp3) is 0.571. The Morgan fingerprint density at radius 1 is 1.25 bits per heavy atom. The largest absolute Gasteiger partial charge is 0.468 e. The van der Waals surface area contributed by atoms with Crippen LogP contribution in [0.1, 0.15) is 27.7 Å². The van der Waals surface area contributed by atoms with E-state index in [4.69, 9.17) is 25.7 Å². The summed E-state index contributed by atoms with van der Waals surface area (Å²) >= 11 is 5.96. The highest BCUT2D eigenvalue weighted by atomic mass is 35.5. The number of hydrogen-bond donors (Lipinski definition) is 1. The Hall–Kier alpha value is -0.745. The SMILES string of the molecule is COCOc1cc(Cl)ccc1BOC(C)(C)C(C)(C)O. The average molecular weight is 301 g/mol. The predicted octanol–water partition coefficient (Wildman–Crippen LogP) is 1.87. The van der Waals surface area contributed by atoms with E-state index in [9.17, 15) is 5.11 Å². The number of halogens is 1. The van der Waals surface area contributed by atoms with Crippen LogP contribution >= 0.6 is 11.6 Å². The Labute approximate surface area is 126 Å². The zero-order valence-electron chi connectivity index (χ0n) is 12.7. The molecule has 0 aliphatic heterocycles. The van der Waals surface area contributed by atoms with Crippen LogP contribution in [0.25, 0.3) is 0 Å². The Balaban J connectivity index is 2.82. The lowest BCUT2D eigenvalue weighted by molar-refractivity contribution is -0.0893. The minimum absolute atomic E-state index is 0.141. The van der Waals surface area contributed by atoms with Crippen molar-refractivity contribution >= 4 is 24.5 Å². The number of ether oxygens (including phenoxy) is 2. The van der Waals surface area contributed by atoms with Crippen molar-refractivity contribution in [1.29, 1.82) is 0 Å². The zero-order chi connectivity index (χ0) is 15.4. The summed E-state index contributed by atoms with van der Waals surface area (Å²) in [4.78, 5) is 0. The second-order valence-corrected chi connectivity index (χ2v) is 6.10. The molecule has 0 aliphatic rings. The second-order valence-electron chi connectivity index (χ2n) is 5.66. The van der Waals surface area contributed by atoms with E-state index in [1.165, 1.54) is 0 Å². The van der Waals surface area contributed by atoms with Crippen molar-refractivity contribution in [1.82, 2.24) is 0 Å². The highest BCUT2D eigenvalue weighted by molar-refractivity contribution is 6.48. The lowest BCUT2D eigenvalue weighted by atomic mass is 9.82. The molecule has 0 aliphatic carbocycles. The number of rotatable bonds is 7. The number of benzene rings is 1. The number of methoxy groups -OCH3 is 1. The predicted molar refractivity (Wildman–Crippen MR) is 82.2 cm³/mol. The summed E-state index contributed by atoms with van der Waals surface area (Å²) in [6.45, 7) is 7.27. The molecule has 0 saturated carbocycles. The third-order valence-corrected chi connectivity index (χ3v) is 3.66. The molecular formula is C14H22BClO4. The van der Waals surface area contributed by atoms with Gasteiger partial charge in [0.25, 0.3) is 0 Å². The van der Waals surface area contributed by atoms with Crippen molar-refractivity contribution in [2.75, 3.05) is 13.9 Å². The first-order valence-corrected chi connectivity index (χ1v) is 6.81. The van der Waals surface area contributed by atoms with Crippen LogP contribution in [0, 0.1) is 0 Å². The first kappa shape index (κ1) is 17.3. The van der Waals surface area contributed by atoms with E-state index in [0.717, 1.165) is 5.46 Å². The van der Waals surface area contributed by atoms with Gasteiger partial charge in [0.05, 0.1) is 11.2 Å². The molecule has 6 heteroatoms. The summed E-state index contributed by atoms with van der Waals surface area (Å²) in [5, 5.41) is 10.7. The van der Waals surface area contributed by atoms with E-state index in [1.807, 2.05) is 19.9 Å². The zero-order valence-corrected chi connectivity index (χ0v) is 13.5. The molecule has 0 heterocycles. The van der Waals surface area contributed by atoms with E-state index < -0.39 is 11.2 Å². The van der Waals surface area contributed by atoms with Crippen molar-refractivity contribution in [3.8, 4) is 5.75 Å². The summed E-state index contributed by atoms with van der Waals surface area (Å²) in [7, 11) is 1.87. The van der Waals surface area contributed by atoms with Crippen LogP contribution in [-0.4, -0.2) is 37.7 Å². The highest BCUT2D eigenvalue weighted by Crippen LogP contribution is 2.25. The third kappa shape index (κ3) is 4.67. The molecule has 0 bridgehead atoms. The molecule has 0 radical (unpaired) electrons. The smallest absolute Gasteiger partial charge is 0.313 e. The molecule has 1 aromatic rings. The molecule has 0 fully saturated rings. The van der Waals surface area contributed by atoms with Gasteiger partial charge in [-0.2, -0.15) is 0 Å². The van der Waals surface area contributed by atoms with Crippen LogP contribution in [0.4, 0.5) is 0 Å². The van der Waals surface area contributed by atoms with E-state index in [0.29, 0.717) is 18.3 Å². The van der Waals surface area contributed by atoms with Gasteiger partial charge in [0, 0.05) is 12.1 Å². The maximum Gasteiger partial charge on any atom is 0.313 e. The van der Waals surface area contributed by atoms with Gasteiger partial charge in [-0.3, -0.25) is 0 Å². The van der Waals surface area contributed by atoms with Crippen LogP contribution in [0.3, 0.4) is 0 Å². The van der Waals surface area contributed by atoms with Gasteiger partial charge in [0.15, 0.2) is 6.79 Å². The summed E-state index contributed by atoms with van der Waals surface area (Å²) < 4.78 is 16.2. The summed E-state index contributed by atoms with van der Waals surface area (Å²) in [6.07, 6.45) is 0. The Kier molecular flexibility index (Phi) is 5.89. The van der Waals surface area contributed by atoms with Crippen LogP contribution in [0.15, 0.2) is 18.2 Å². The number of aliphatic hydroxyl groups is 1. The molecule has 1 aromatic carbocycles. The highest BCUT2D eigenvalue weighted by Gasteiger charge is 2.35. The standard InChI is InChI=1S/C14H22BClO4/c1-13(2,17)14(3,4)20-15-11-7-6-10(16)8-12(11)19-9-18-5/h6-8,15,17H,9H2,1-5H3. The Bertz CT molecular complexity index is 443. The first-order chi connectivity index (χ1) is 9.17. The third-order valence-electron chi connectivity index (χ3n) is 3.42. The lowest BCUT2D eigenvalue weighted by Gasteiger charge is -2.37. The average Bonchev–Trinajstić information content (AvgIpc) is 2.33. The minimum atomic E-state index is -0.951. The Morgan fingerprint density at radius 2 is 1.90 bits per heavy atom. The van der Waals surface area contributed by atoms with E-state index >= 15 is 0 Å². The maximum absolute atomic E-state index is 10.1. The molecule has 0 aromatic heterocycles. The van der Waals surface area contributed by atoms with Crippen LogP contribution in [0.5, 0.6) is 5.75 Å². The molecule has 0 saturated heterocycles. The van der Waals surface area contributed by atoms with Gasteiger partial charge >= 0.3 is 7.48 Å². The Morgan fingerprint density at radius 3 is 2.45 bits per heavy atom. The molecule has 0 unspecified atom stereocenters. The van der Waals surface area contributed by atoms with Gasteiger partial charge in [-0.1, -0.05) is 17.7 Å². The van der Waals surface area contributed by atoms with E-state index in [-0.39, 0.29) is 6.79 Å². The molecule has 0 amide bonds. The fourth-order valence-electron chi connectivity index (χ4n) is 1.34. The summed E-state index contributed by atoms with van der Waals surface area (Å²) in [5.41, 5.74) is -0.790. The van der Waals surface area contributed by atoms with Crippen LogP contribution in [-0.2, 0) is 9.39 Å².